The Balaban J connectivity index is 2.27. The van der Waals surface area contributed by atoms with Crippen LogP contribution in [0.5, 0.6) is 17.2 Å². The number of carbonyl (C=O) groups is 2. The monoisotopic (exact) mass is 853 g/mol. The number of halogens is 5. The molecule has 0 saturated carbocycles. The number of carbonyl (C=O) groups excluding carboxylic acids is 1. The number of carboxylic acid groups (broad SMARTS) is 1. The number of rotatable bonds is 7. The lowest BCUT2D eigenvalue weighted by Gasteiger charge is -2.16. The minimum absolute atomic E-state index is 0.124. The van der Waals surface area contributed by atoms with Gasteiger partial charge in [-0.25, -0.2) is 4.79 Å². The molecule has 6 nitrogen and oxygen atoms in total. The zero-order chi connectivity index (χ0) is 21.0. The Morgan fingerprint density at radius 3 is 2.04 bits per heavy atom. The van der Waals surface area contributed by atoms with Crippen LogP contribution < -0.4 is 10.1 Å². The Morgan fingerprint density at radius 2 is 1.57 bits per heavy atom. The van der Waals surface area contributed by atoms with Crippen LogP contribution in [0.2, 0.25) is 0 Å². The van der Waals surface area contributed by atoms with E-state index in [2.05, 4.69) is 50.5 Å². The molecule has 2 aromatic carbocycles. The lowest BCUT2D eigenvalue weighted by atomic mass is 10.1. The normalized spacial score (nSPS) is 11.8. The van der Waals surface area contributed by atoms with E-state index in [1.165, 1.54) is 0 Å². The quantitative estimate of drug-likeness (QED) is 0.271. The van der Waals surface area contributed by atoms with Crippen molar-refractivity contribution in [2.75, 3.05) is 5.88 Å². The third kappa shape index (κ3) is 6.60. The molecule has 3 N–H and O–H groups in total. The third-order valence-electron chi connectivity index (χ3n) is 3.46. The van der Waals surface area contributed by atoms with E-state index in [4.69, 9.17) is 16.3 Å². The summed E-state index contributed by atoms with van der Waals surface area (Å²) in [4.78, 5) is 22.9. The van der Waals surface area contributed by atoms with Crippen LogP contribution in [0.1, 0.15) is 5.56 Å². The number of nitrogens with one attached hydrogen (secondary N) is 1. The lowest BCUT2D eigenvalue weighted by Crippen LogP contribution is -2.42. The van der Waals surface area contributed by atoms with Crippen LogP contribution in [0.25, 0.3) is 0 Å². The fourth-order valence-corrected chi connectivity index (χ4v) is 6.12. The standard InChI is InChI=1S/C17H12ClI4NO5/c18-6-14(24)23-13(17(26)27)3-7-1-11(21)16(12(22)2-7)28-8-4-9(19)15(25)10(20)5-8/h1-2,4-5,13,25H,3,6H2,(H,23,24)(H,26,27)/t13-/m0/s1. The Hall–Kier alpha value is 0.190. The number of hydrogen-bond donors (Lipinski definition) is 3. The predicted molar refractivity (Wildman–Crippen MR) is 139 cm³/mol. The maximum absolute atomic E-state index is 11.4. The molecule has 28 heavy (non-hydrogen) atoms. The van der Waals surface area contributed by atoms with Gasteiger partial charge in [-0.15, -0.1) is 11.6 Å². The summed E-state index contributed by atoms with van der Waals surface area (Å²) in [6.07, 6.45) is 0.124. The van der Waals surface area contributed by atoms with Crippen LogP contribution in [0, 0.1) is 14.3 Å². The Morgan fingerprint density at radius 1 is 1.04 bits per heavy atom. The highest BCUT2D eigenvalue weighted by atomic mass is 127. The van der Waals surface area contributed by atoms with Crippen molar-refractivity contribution in [1.29, 1.82) is 0 Å². The minimum Gasteiger partial charge on any atom is -0.506 e. The van der Waals surface area contributed by atoms with Crippen molar-refractivity contribution in [3.63, 3.8) is 0 Å². The van der Waals surface area contributed by atoms with Crippen molar-refractivity contribution >= 4 is 114 Å². The summed E-state index contributed by atoms with van der Waals surface area (Å²) in [5.74, 6) is -0.513. The van der Waals surface area contributed by atoms with Crippen molar-refractivity contribution in [2.24, 2.45) is 0 Å². The average Bonchev–Trinajstić information content (AvgIpc) is 2.61. The van der Waals surface area contributed by atoms with Gasteiger partial charge in [-0.2, -0.15) is 0 Å². The van der Waals surface area contributed by atoms with E-state index in [-0.39, 0.29) is 18.1 Å². The number of carboxylic acids is 1. The fraction of sp³-hybridized carbons (Fsp3) is 0.176. The van der Waals surface area contributed by atoms with Crippen molar-refractivity contribution in [3.8, 4) is 17.2 Å². The van der Waals surface area contributed by atoms with Gasteiger partial charge in [0.15, 0.2) is 5.75 Å². The van der Waals surface area contributed by atoms with E-state index in [1.54, 1.807) is 12.1 Å². The van der Waals surface area contributed by atoms with Crippen LogP contribution in [-0.2, 0) is 16.0 Å². The van der Waals surface area contributed by atoms with Crippen LogP contribution in [0.4, 0.5) is 0 Å². The molecule has 150 valence electrons. The first-order valence-corrected chi connectivity index (χ1v) is 12.4. The van der Waals surface area contributed by atoms with Gasteiger partial charge < -0.3 is 20.3 Å². The molecule has 0 aliphatic rings. The molecule has 1 atom stereocenters. The summed E-state index contributed by atoms with van der Waals surface area (Å²) in [6, 6.07) is 6.04. The predicted octanol–water partition coefficient (Wildman–Crippen LogP) is 4.95. The van der Waals surface area contributed by atoms with Crippen molar-refractivity contribution in [2.45, 2.75) is 12.5 Å². The summed E-state index contributed by atoms with van der Waals surface area (Å²) < 4.78 is 8.96. The summed E-state index contributed by atoms with van der Waals surface area (Å²) in [6.45, 7) is 0. The van der Waals surface area contributed by atoms with Gasteiger partial charge in [-0.3, -0.25) is 4.79 Å². The molecule has 0 radical (unpaired) electrons. The second-order valence-electron chi connectivity index (χ2n) is 5.52. The number of benzene rings is 2. The third-order valence-corrected chi connectivity index (χ3v) is 6.95. The first-order chi connectivity index (χ1) is 13.1. The molecule has 0 aliphatic heterocycles. The summed E-state index contributed by atoms with van der Waals surface area (Å²) in [5, 5.41) is 21.6. The van der Waals surface area contributed by atoms with Gasteiger partial charge in [-0.1, -0.05) is 0 Å². The van der Waals surface area contributed by atoms with Crippen molar-refractivity contribution in [3.05, 3.63) is 44.1 Å². The van der Waals surface area contributed by atoms with E-state index in [9.17, 15) is 19.8 Å². The van der Waals surface area contributed by atoms with Crippen molar-refractivity contribution in [1.82, 2.24) is 5.32 Å². The first-order valence-electron chi connectivity index (χ1n) is 7.54. The molecule has 1 amide bonds. The van der Waals surface area contributed by atoms with E-state index in [1.807, 2.05) is 57.3 Å². The molecule has 0 bridgehead atoms. The number of phenols is 1. The van der Waals surface area contributed by atoms with Crippen molar-refractivity contribution < 1.29 is 24.5 Å². The second-order valence-corrected chi connectivity index (χ2v) is 10.4. The van der Waals surface area contributed by atoms with E-state index in [0.717, 1.165) is 12.7 Å². The van der Waals surface area contributed by atoms with Gasteiger partial charge in [0, 0.05) is 6.42 Å². The Kier molecular flexibility index (Phi) is 9.60. The van der Waals surface area contributed by atoms with Gasteiger partial charge >= 0.3 is 5.97 Å². The summed E-state index contributed by atoms with van der Waals surface area (Å²) >= 11 is 13.8. The number of phenolic OH excluding ortho intramolecular Hbond substituents is 1. The number of aliphatic carboxylic acids is 1. The molecule has 2 rings (SSSR count). The van der Waals surface area contributed by atoms with Gasteiger partial charge in [-0.05, 0) is 120 Å². The van der Waals surface area contributed by atoms with Gasteiger partial charge in [0.05, 0.1) is 14.3 Å². The molecular weight excluding hydrogens is 841 g/mol. The Labute approximate surface area is 220 Å². The van der Waals surface area contributed by atoms with Crippen LogP contribution >= 0.6 is 102 Å². The molecular formula is C17H12ClI4NO5. The van der Waals surface area contributed by atoms with Gasteiger partial charge in [0.25, 0.3) is 0 Å². The number of ether oxygens (including phenoxy) is 1. The summed E-state index contributed by atoms with van der Waals surface area (Å²) in [5.41, 5.74) is 0.748. The molecule has 11 heteroatoms. The topological polar surface area (TPSA) is 95.9 Å². The highest BCUT2D eigenvalue weighted by molar-refractivity contribution is 14.1. The summed E-state index contributed by atoms with van der Waals surface area (Å²) in [7, 11) is 0. The first kappa shape index (κ1) is 24.5. The molecule has 2 aromatic rings. The fourth-order valence-electron chi connectivity index (χ4n) is 2.22. The molecule has 0 aromatic heterocycles. The second kappa shape index (κ2) is 11.0. The molecule has 0 fully saturated rings. The lowest BCUT2D eigenvalue weighted by molar-refractivity contribution is -0.141. The van der Waals surface area contributed by atoms with Crippen LogP contribution in [0.3, 0.4) is 0 Å². The van der Waals surface area contributed by atoms with Crippen LogP contribution in [-0.4, -0.2) is 34.0 Å². The molecule has 0 aliphatic carbocycles. The maximum Gasteiger partial charge on any atom is 0.326 e. The molecule has 0 spiro atoms. The van der Waals surface area contributed by atoms with E-state index < -0.39 is 17.9 Å². The number of amides is 1. The van der Waals surface area contributed by atoms with E-state index in [0.29, 0.717) is 18.6 Å². The van der Waals surface area contributed by atoms with Crippen LogP contribution in [0.15, 0.2) is 24.3 Å². The number of alkyl halides is 1. The van der Waals surface area contributed by atoms with Gasteiger partial charge in [0.1, 0.15) is 23.4 Å². The zero-order valence-corrected chi connectivity index (χ0v) is 23.2. The minimum atomic E-state index is -1.13. The Bertz CT molecular complexity index is 878. The zero-order valence-electron chi connectivity index (χ0n) is 13.8. The molecule has 0 saturated heterocycles. The average molecular weight is 853 g/mol. The maximum atomic E-state index is 11.4. The van der Waals surface area contributed by atoms with Gasteiger partial charge in [0.2, 0.25) is 5.91 Å². The molecule has 0 heterocycles. The van der Waals surface area contributed by atoms with E-state index >= 15 is 0 Å². The highest BCUT2D eigenvalue weighted by Crippen LogP contribution is 2.36. The number of aromatic hydroxyl groups is 1. The number of hydrogen-bond acceptors (Lipinski definition) is 4. The highest BCUT2D eigenvalue weighted by Gasteiger charge is 2.21. The largest absolute Gasteiger partial charge is 0.506 e. The SMILES string of the molecule is O=C(CCl)N[C@@H](Cc1cc(I)c(Oc2cc(I)c(O)c(I)c2)c(I)c1)C(=O)O. The smallest absolute Gasteiger partial charge is 0.326 e. The molecule has 0 unspecified atom stereocenters.